The summed E-state index contributed by atoms with van der Waals surface area (Å²) in [7, 11) is 0. The zero-order valence-electron chi connectivity index (χ0n) is 9.41. The number of hydrogen-bond acceptors (Lipinski definition) is 3. The number of nitrogens with one attached hydrogen (secondary N) is 1. The van der Waals surface area contributed by atoms with Crippen molar-refractivity contribution < 1.29 is 9.53 Å². The lowest BCUT2D eigenvalue weighted by Gasteiger charge is -2.24. The van der Waals surface area contributed by atoms with Gasteiger partial charge in [-0.25, -0.2) is 0 Å². The molecule has 1 aromatic carbocycles. The molecule has 3 N–H and O–H groups in total. The summed E-state index contributed by atoms with van der Waals surface area (Å²) < 4.78 is 6.62. The lowest BCUT2D eigenvalue weighted by Crippen LogP contribution is -2.37. The van der Waals surface area contributed by atoms with Crippen LogP contribution in [0.25, 0.3) is 0 Å². The third-order valence-corrected chi connectivity index (χ3v) is 3.38. The lowest BCUT2D eigenvalue weighted by molar-refractivity contribution is 0.1000. The Morgan fingerprint density at radius 2 is 2.35 bits per heavy atom. The number of rotatable bonds is 3. The van der Waals surface area contributed by atoms with Gasteiger partial charge in [0.1, 0.15) is 11.9 Å². The van der Waals surface area contributed by atoms with Gasteiger partial charge in [-0.05, 0) is 53.5 Å². The van der Waals surface area contributed by atoms with Gasteiger partial charge in [0, 0.05) is 12.1 Å². The SMILES string of the molecule is NC(=O)c1ccc(O[C@H]2CCCNC2)c(Br)c1. The van der Waals surface area contributed by atoms with E-state index in [1.807, 2.05) is 0 Å². The molecule has 17 heavy (non-hydrogen) atoms. The number of carbonyl (C=O) groups excluding carboxylic acids is 1. The van der Waals surface area contributed by atoms with Gasteiger partial charge in [0.05, 0.1) is 4.47 Å². The quantitative estimate of drug-likeness (QED) is 0.892. The Morgan fingerprint density at radius 3 is 2.94 bits per heavy atom. The first-order valence-electron chi connectivity index (χ1n) is 5.63. The van der Waals surface area contributed by atoms with Gasteiger partial charge in [-0.3, -0.25) is 4.79 Å². The Balaban J connectivity index is 2.08. The molecular weight excluding hydrogens is 284 g/mol. The van der Waals surface area contributed by atoms with Crippen LogP contribution in [0.3, 0.4) is 0 Å². The smallest absolute Gasteiger partial charge is 0.248 e. The Labute approximate surface area is 109 Å². The van der Waals surface area contributed by atoms with Crippen molar-refractivity contribution in [3.05, 3.63) is 28.2 Å². The molecule has 1 saturated heterocycles. The van der Waals surface area contributed by atoms with E-state index in [0.717, 1.165) is 36.2 Å². The van der Waals surface area contributed by atoms with Gasteiger partial charge in [-0.15, -0.1) is 0 Å². The number of carbonyl (C=O) groups is 1. The van der Waals surface area contributed by atoms with Gasteiger partial charge in [-0.1, -0.05) is 0 Å². The van der Waals surface area contributed by atoms with Crippen LogP contribution in [0.15, 0.2) is 22.7 Å². The highest BCUT2D eigenvalue weighted by Gasteiger charge is 2.16. The number of primary amides is 1. The molecule has 0 unspecified atom stereocenters. The van der Waals surface area contributed by atoms with E-state index >= 15 is 0 Å². The maximum absolute atomic E-state index is 11.0. The monoisotopic (exact) mass is 298 g/mol. The average molecular weight is 299 g/mol. The number of nitrogens with two attached hydrogens (primary N) is 1. The van der Waals surface area contributed by atoms with Crippen molar-refractivity contribution >= 4 is 21.8 Å². The first-order valence-corrected chi connectivity index (χ1v) is 6.43. The predicted molar refractivity (Wildman–Crippen MR) is 69.2 cm³/mol. The van der Waals surface area contributed by atoms with E-state index < -0.39 is 5.91 Å². The Morgan fingerprint density at radius 1 is 1.53 bits per heavy atom. The molecular formula is C12H15BrN2O2. The van der Waals surface area contributed by atoms with Crippen molar-refractivity contribution in [2.75, 3.05) is 13.1 Å². The Hall–Kier alpha value is -1.07. The second kappa shape index (κ2) is 5.51. The molecule has 0 bridgehead atoms. The zero-order chi connectivity index (χ0) is 12.3. The van der Waals surface area contributed by atoms with Crippen molar-refractivity contribution in [3.8, 4) is 5.75 Å². The van der Waals surface area contributed by atoms with Gasteiger partial charge in [-0.2, -0.15) is 0 Å². The highest BCUT2D eigenvalue weighted by atomic mass is 79.9. The van der Waals surface area contributed by atoms with Gasteiger partial charge >= 0.3 is 0 Å². The van der Waals surface area contributed by atoms with Crippen molar-refractivity contribution in [3.63, 3.8) is 0 Å². The first-order chi connectivity index (χ1) is 8.16. The molecule has 1 fully saturated rings. The van der Waals surface area contributed by atoms with Crippen LogP contribution in [0.4, 0.5) is 0 Å². The molecule has 92 valence electrons. The number of halogens is 1. The van der Waals surface area contributed by atoms with Gasteiger partial charge in [0.2, 0.25) is 5.91 Å². The first kappa shape index (κ1) is 12.4. The molecule has 1 aliphatic heterocycles. The van der Waals surface area contributed by atoms with Crippen LogP contribution in [0.2, 0.25) is 0 Å². The molecule has 1 aliphatic rings. The fourth-order valence-electron chi connectivity index (χ4n) is 1.85. The van der Waals surface area contributed by atoms with Crippen LogP contribution in [0, 0.1) is 0 Å². The third-order valence-electron chi connectivity index (χ3n) is 2.76. The summed E-state index contributed by atoms with van der Waals surface area (Å²) in [5.41, 5.74) is 5.68. The van der Waals surface area contributed by atoms with Crippen LogP contribution >= 0.6 is 15.9 Å². The number of amides is 1. The molecule has 5 heteroatoms. The molecule has 0 spiro atoms. The summed E-state index contributed by atoms with van der Waals surface area (Å²) in [6.07, 6.45) is 2.37. The number of hydrogen-bond donors (Lipinski definition) is 2. The highest BCUT2D eigenvalue weighted by Crippen LogP contribution is 2.27. The highest BCUT2D eigenvalue weighted by molar-refractivity contribution is 9.10. The minimum absolute atomic E-state index is 0.194. The van der Waals surface area contributed by atoms with Crippen LogP contribution in [0.1, 0.15) is 23.2 Å². The van der Waals surface area contributed by atoms with E-state index in [0.29, 0.717) is 5.56 Å². The van der Waals surface area contributed by atoms with Crippen LogP contribution < -0.4 is 15.8 Å². The normalized spacial score (nSPS) is 19.9. The fraction of sp³-hybridized carbons (Fsp3) is 0.417. The van der Waals surface area contributed by atoms with Crippen LogP contribution in [-0.4, -0.2) is 25.1 Å². The second-order valence-corrected chi connectivity index (χ2v) is 4.95. The standard InChI is InChI=1S/C12H15BrN2O2/c13-10-6-8(12(14)16)3-4-11(10)17-9-2-1-5-15-7-9/h3-4,6,9,15H,1-2,5,7H2,(H2,14,16)/t9-/m0/s1. The number of benzene rings is 1. The Bertz CT molecular complexity index is 417. The van der Waals surface area contributed by atoms with Crippen molar-refractivity contribution in [1.29, 1.82) is 0 Å². The van der Waals surface area contributed by atoms with Crippen molar-refractivity contribution in [2.24, 2.45) is 5.73 Å². The van der Waals surface area contributed by atoms with E-state index in [1.165, 1.54) is 0 Å². The minimum atomic E-state index is -0.434. The summed E-state index contributed by atoms with van der Waals surface area (Å²) >= 11 is 3.39. The number of ether oxygens (including phenoxy) is 1. The predicted octanol–water partition coefficient (Wildman–Crippen LogP) is 1.68. The van der Waals surface area contributed by atoms with E-state index in [2.05, 4.69) is 21.2 Å². The molecule has 1 aromatic rings. The summed E-state index contributed by atoms with van der Waals surface area (Å²) in [5, 5.41) is 3.29. The topological polar surface area (TPSA) is 64.4 Å². The summed E-state index contributed by atoms with van der Waals surface area (Å²) in [6.45, 7) is 1.92. The summed E-state index contributed by atoms with van der Waals surface area (Å²) in [4.78, 5) is 11.0. The molecule has 1 atom stereocenters. The molecule has 4 nitrogen and oxygen atoms in total. The van der Waals surface area contributed by atoms with E-state index in [1.54, 1.807) is 18.2 Å². The van der Waals surface area contributed by atoms with Crippen molar-refractivity contribution in [1.82, 2.24) is 5.32 Å². The molecule has 0 aliphatic carbocycles. The molecule has 0 radical (unpaired) electrons. The van der Waals surface area contributed by atoms with Gasteiger partial charge in [0.15, 0.2) is 0 Å². The molecule has 1 heterocycles. The van der Waals surface area contributed by atoms with Crippen molar-refractivity contribution in [2.45, 2.75) is 18.9 Å². The third kappa shape index (κ3) is 3.20. The number of piperidine rings is 1. The molecule has 2 rings (SSSR count). The van der Waals surface area contributed by atoms with E-state index in [-0.39, 0.29) is 6.10 Å². The van der Waals surface area contributed by atoms with Gasteiger partial charge < -0.3 is 15.8 Å². The van der Waals surface area contributed by atoms with Gasteiger partial charge in [0.25, 0.3) is 0 Å². The largest absolute Gasteiger partial charge is 0.488 e. The minimum Gasteiger partial charge on any atom is -0.488 e. The average Bonchev–Trinajstić information content (AvgIpc) is 2.33. The zero-order valence-corrected chi connectivity index (χ0v) is 11.0. The maximum atomic E-state index is 11.0. The molecule has 1 amide bonds. The van der Waals surface area contributed by atoms with E-state index in [9.17, 15) is 4.79 Å². The summed E-state index contributed by atoms with van der Waals surface area (Å²) in [5.74, 6) is 0.320. The summed E-state index contributed by atoms with van der Waals surface area (Å²) in [6, 6.07) is 5.14. The maximum Gasteiger partial charge on any atom is 0.248 e. The fourth-order valence-corrected chi connectivity index (χ4v) is 2.32. The Kier molecular flexibility index (Phi) is 4.02. The lowest BCUT2D eigenvalue weighted by atomic mass is 10.1. The molecule has 0 saturated carbocycles. The van der Waals surface area contributed by atoms with Crippen LogP contribution in [-0.2, 0) is 0 Å². The van der Waals surface area contributed by atoms with Crippen LogP contribution in [0.5, 0.6) is 5.75 Å². The van der Waals surface area contributed by atoms with E-state index in [4.69, 9.17) is 10.5 Å². The molecule has 0 aromatic heterocycles. The second-order valence-electron chi connectivity index (χ2n) is 4.10.